The van der Waals surface area contributed by atoms with E-state index in [0.29, 0.717) is 28.6 Å². The van der Waals surface area contributed by atoms with Crippen molar-refractivity contribution in [3.8, 4) is 11.6 Å². The van der Waals surface area contributed by atoms with Gasteiger partial charge in [-0.05, 0) is 43.2 Å². The number of pyridine rings is 1. The predicted molar refractivity (Wildman–Crippen MR) is 105 cm³/mol. The van der Waals surface area contributed by atoms with E-state index in [-0.39, 0.29) is 18.6 Å². The summed E-state index contributed by atoms with van der Waals surface area (Å²) < 4.78 is 11.0. The van der Waals surface area contributed by atoms with E-state index in [4.69, 9.17) is 32.7 Å². The highest BCUT2D eigenvalue weighted by Gasteiger charge is 2.29. The van der Waals surface area contributed by atoms with Crippen LogP contribution in [-0.4, -0.2) is 42.7 Å². The van der Waals surface area contributed by atoms with Crippen LogP contribution < -0.4 is 20.1 Å². The van der Waals surface area contributed by atoms with E-state index in [9.17, 15) is 4.79 Å². The molecule has 6 nitrogen and oxygen atoms in total. The van der Waals surface area contributed by atoms with E-state index in [1.807, 2.05) is 12.1 Å². The Balaban J connectivity index is 1.23. The smallest absolute Gasteiger partial charge is 0.258 e. The van der Waals surface area contributed by atoms with Crippen molar-refractivity contribution in [2.75, 3.05) is 19.8 Å². The first-order valence-corrected chi connectivity index (χ1v) is 9.49. The van der Waals surface area contributed by atoms with Crippen LogP contribution in [0.5, 0.6) is 11.6 Å². The van der Waals surface area contributed by atoms with E-state index in [1.54, 1.807) is 24.3 Å². The molecule has 1 aromatic carbocycles. The molecule has 8 heteroatoms. The number of nitrogens with one attached hydrogen (secondary N) is 2. The molecule has 1 heterocycles. The summed E-state index contributed by atoms with van der Waals surface area (Å²) in [5.74, 6) is 1.03. The van der Waals surface area contributed by atoms with E-state index in [1.165, 1.54) is 6.20 Å². The van der Waals surface area contributed by atoms with Crippen LogP contribution >= 0.6 is 23.2 Å². The summed E-state index contributed by atoms with van der Waals surface area (Å²) in [5, 5.41) is 7.58. The first-order chi connectivity index (χ1) is 13.1. The Morgan fingerprint density at radius 3 is 2.48 bits per heavy atom. The van der Waals surface area contributed by atoms with Crippen LogP contribution in [0.2, 0.25) is 10.0 Å². The number of hydrogen-bond acceptors (Lipinski definition) is 5. The first-order valence-electron chi connectivity index (χ1n) is 8.74. The summed E-state index contributed by atoms with van der Waals surface area (Å²) >= 11 is 11.6. The van der Waals surface area contributed by atoms with Crippen molar-refractivity contribution in [2.24, 2.45) is 0 Å². The van der Waals surface area contributed by atoms with Gasteiger partial charge in [-0.3, -0.25) is 4.79 Å². The summed E-state index contributed by atoms with van der Waals surface area (Å²) in [5.41, 5.74) is 0. The number of nitrogens with zero attached hydrogens (tertiary/aromatic N) is 1. The second-order valence-corrected chi connectivity index (χ2v) is 7.17. The second kappa shape index (κ2) is 9.78. The molecule has 0 unspecified atom stereocenters. The van der Waals surface area contributed by atoms with Crippen molar-refractivity contribution < 1.29 is 14.3 Å². The van der Waals surface area contributed by atoms with Crippen LogP contribution in [0.1, 0.15) is 12.8 Å². The van der Waals surface area contributed by atoms with Crippen molar-refractivity contribution >= 4 is 29.1 Å². The summed E-state index contributed by atoms with van der Waals surface area (Å²) in [6.07, 6.45) is 3.27. The van der Waals surface area contributed by atoms with E-state index in [2.05, 4.69) is 15.6 Å². The number of ether oxygens (including phenoxy) is 2. The standard InChI is InChI=1S/C19H21Cl2N3O3/c20-13-1-4-17(5-2-13)26-8-7-22-15-9-16(10-15)24-18(25)12-27-19-6-3-14(21)11-23-19/h1-6,11,15-16,22H,7-10,12H2,(H,24,25). The number of hydrogen-bond donors (Lipinski definition) is 2. The predicted octanol–water partition coefficient (Wildman–Crippen LogP) is 3.08. The van der Waals surface area contributed by atoms with Crippen molar-refractivity contribution in [1.82, 2.24) is 15.6 Å². The minimum atomic E-state index is -0.152. The fourth-order valence-corrected chi connectivity index (χ4v) is 2.96. The minimum Gasteiger partial charge on any atom is -0.492 e. The Labute approximate surface area is 168 Å². The van der Waals surface area contributed by atoms with E-state index < -0.39 is 0 Å². The molecule has 2 N–H and O–H groups in total. The van der Waals surface area contributed by atoms with Gasteiger partial charge in [-0.15, -0.1) is 0 Å². The normalized spacial score (nSPS) is 18.4. The van der Waals surface area contributed by atoms with Crippen LogP contribution in [0.25, 0.3) is 0 Å². The van der Waals surface area contributed by atoms with Gasteiger partial charge in [-0.2, -0.15) is 0 Å². The number of rotatable bonds is 9. The Hall–Kier alpha value is -2.02. The van der Waals surface area contributed by atoms with E-state index >= 15 is 0 Å². The lowest BCUT2D eigenvalue weighted by Crippen LogP contribution is -2.53. The molecule has 0 radical (unpaired) electrons. The largest absolute Gasteiger partial charge is 0.492 e. The lowest BCUT2D eigenvalue weighted by molar-refractivity contribution is -0.124. The molecule has 0 aliphatic heterocycles. The minimum absolute atomic E-state index is 0.0574. The number of carbonyl (C=O) groups is 1. The molecule has 3 rings (SSSR count). The molecule has 0 bridgehead atoms. The molecule has 0 spiro atoms. The van der Waals surface area contributed by atoms with Gasteiger partial charge in [-0.25, -0.2) is 4.98 Å². The molecule has 1 amide bonds. The maximum Gasteiger partial charge on any atom is 0.258 e. The van der Waals surface area contributed by atoms with Crippen LogP contribution in [0.15, 0.2) is 42.6 Å². The molecule has 1 aliphatic rings. The SMILES string of the molecule is O=C(COc1ccc(Cl)cn1)NC1CC(NCCOc2ccc(Cl)cc2)C1. The maximum atomic E-state index is 11.9. The van der Waals surface area contributed by atoms with Crippen molar-refractivity contribution in [2.45, 2.75) is 24.9 Å². The fraction of sp³-hybridized carbons (Fsp3) is 0.368. The number of aromatic nitrogens is 1. The lowest BCUT2D eigenvalue weighted by atomic mass is 9.87. The molecule has 1 saturated carbocycles. The van der Waals surface area contributed by atoms with Crippen LogP contribution in [0.4, 0.5) is 0 Å². The maximum absolute atomic E-state index is 11.9. The Bertz CT molecular complexity index is 735. The molecule has 144 valence electrons. The Morgan fingerprint density at radius 1 is 1.04 bits per heavy atom. The third kappa shape index (κ3) is 6.57. The highest BCUT2D eigenvalue weighted by molar-refractivity contribution is 6.30. The first kappa shape index (κ1) is 19.7. The van der Waals surface area contributed by atoms with Gasteiger partial charge in [0.2, 0.25) is 5.88 Å². The van der Waals surface area contributed by atoms with Gasteiger partial charge < -0.3 is 20.1 Å². The van der Waals surface area contributed by atoms with Gasteiger partial charge in [0.25, 0.3) is 5.91 Å². The molecular weight excluding hydrogens is 389 g/mol. The van der Waals surface area contributed by atoms with Crippen LogP contribution in [-0.2, 0) is 4.79 Å². The van der Waals surface area contributed by atoms with E-state index in [0.717, 1.165) is 25.1 Å². The summed E-state index contributed by atoms with van der Waals surface area (Å²) in [7, 11) is 0. The zero-order valence-electron chi connectivity index (χ0n) is 14.7. The van der Waals surface area contributed by atoms with Crippen LogP contribution in [0, 0.1) is 0 Å². The average Bonchev–Trinajstić information content (AvgIpc) is 2.63. The molecular formula is C19H21Cl2N3O3. The zero-order chi connectivity index (χ0) is 19.1. The monoisotopic (exact) mass is 409 g/mol. The molecule has 2 aromatic rings. The number of halogens is 2. The van der Waals surface area contributed by atoms with Gasteiger partial charge in [0.05, 0.1) is 5.02 Å². The zero-order valence-corrected chi connectivity index (χ0v) is 16.2. The molecule has 1 aromatic heterocycles. The van der Waals surface area contributed by atoms with Gasteiger partial charge >= 0.3 is 0 Å². The molecule has 27 heavy (non-hydrogen) atoms. The average molecular weight is 410 g/mol. The van der Waals surface area contributed by atoms with Crippen molar-refractivity contribution in [1.29, 1.82) is 0 Å². The van der Waals surface area contributed by atoms with Gasteiger partial charge in [0, 0.05) is 35.9 Å². The van der Waals surface area contributed by atoms with Crippen molar-refractivity contribution in [3.05, 3.63) is 52.6 Å². The number of carbonyl (C=O) groups excluding carboxylic acids is 1. The number of amides is 1. The summed E-state index contributed by atoms with van der Waals surface area (Å²) in [4.78, 5) is 15.9. The van der Waals surface area contributed by atoms with Crippen molar-refractivity contribution in [3.63, 3.8) is 0 Å². The van der Waals surface area contributed by atoms with Gasteiger partial charge in [0.1, 0.15) is 12.4 Å². The molecule has 1 aliphatic carbocycles. The number of benzene rings is 1. The molecule has 0 atom stereocenters. The molecule has 0 saturated heterocycles. The second-order valence-electron chi connectivity index (χ2n) is 6.29. The quantitative estimate of drug-likeness (QED) is 0.622. The van der Waals surface area contributed by atoms with Gasteiger partial charge in [0.15, 0.2) is 6.61 Å². The highest BCUT2D eigenvalue weighted by Crippen LogP contribution is 2.20. The summed E-state index contributed by atoms with van der Waals surface area (Å²) in [6.45, 7) is 1.27. The topological polar surface area (TPSA) is 72.5 Å². The lowest BCUT2D eigenvalue weighted by Gasteiger charge is -2.36. The Morgan fingerprint density at radius 2 is 1.78 bits per heavy atom. The van der Waals surface area contributed by atoms with Crippen LogP contribution in [0.3, 0.4) is 0 Å². The summed E-state index contributed by atoms with van der Waals surface area (Å²) in [6, 6.07) is 11.2. The Kier molecular flexibility index (Phi) is 7.15. The van der Waals surface area contributed by atoms with Gasteiger partial charge in [-0.1, -0.05) is 23.2 Å². The molecule has 1 fully saturated rings. The third-order valence-electron chi connectivity index (χ3n) is 4.17. The fourth-order valence-electron chi connectivity index (χ4n) is 2.72. The third-order valence-corrected chi connectivity index (χ3v) is 4.65. The highest BCUT2D eigenvalue weighted by atomic mass is 35.5.